The fourth-order valence-electron chi connectivity index (χ4n) is 1.38. The van der Waals surface area contributed by atoms with Gasteiger partial charge in [-0.3, -0.25) is 9.80 Å². The Morgan fingerprint density at radius 1 is 1.75 bits per heavy atom. The van der Waals surface area contributed by atoms with Crippen LogP contribution in [0.4, 0.5) is 0 Å². The number of carbonyl (C=O) groups excluding carboxylic acids is 1. The molecule has 1 heterocycles. The molecule has 1 atom stereocenters. The van der Waals surface area contributed by atoms with Crippen LogP contribution in [0.1, 0.15) is 27.2 Å². The summed E-state index contributed by atoms with van der Waals surface area (Å²) in [6, 6.07) is 0.0235. The summed E-state index contributed by atoms with van der Waals surface area (Å²) in [7, 11) is 0. The molecule has 1 rings (SSSR count). The van der Waals surface area contributed by atoms with Gasteiger partial charge in [0, 0.05) is 18.0 Å². The van der Waals surface area contributed by atoms with Crippen LogP contribution in [0.3, 0.4) is 0 Å². The predicted molar refractivity (Wildman–Crippen MR) is 47.2 cm³/mol. The molecule has 1 fully saturated rings. The lowest BCUT2D eigenvalue weighted by molar-refractivity contribution is -0.129. The first-order chi connectivity index (χ1) is 5.41. The molecule has 0 aromatic carbocycles. The molecule has 4 nitrogen and oxygen atoms in total. The number of nitrogens with one attached hydrogen (secondary N) is 1. The third-order valence-electron chi connectivity index (χ3n) is 1.80. The second-order valence-electron chi connectivity index (χ2n) is 4.15. The quantitative estimate of drug-likeness (QED) is 0.607. The number of rotatable bonds is 2. The molecule has 12 heavy (non-hydrogen) atoms. The highest BCUT2D eigenvalue weighted by Gasteiger charge is 2.35. The number of hydrogen-bond acceptors (Lipinski definition) is 3. The first-order valence-electron chi connectivity index (χ1n) is 4.24. The van der Waals surface area contributed by atoms with Crippen molar-refractivity contribution >= 4 is 5.91 Å². The minimum atomic E-state index is -0.105. The monoisotopic (exact) mass is 171 g/mol. The summed E-state index contributed by atoms with van der Waals surface area (Å²) in [6.45, 7) is 6.49. The molecule has 1 aliphatic heterocycles. The molecule has 1 saturated heterocycles. The molecule has 0 spiro atoms. The Labute approximate surface area is 73.1 Å². The molecule has 1 aliphatic rings. The lowest BCUT2D eigenvalue weighted by atomic mass is 10.0. The molecule has 0 bridgehead atoms. The van der Waals surface area contributed by atoms with Gasteiger partial charge in [-0.05, 0) is 20.8 Å². The molecular formula is C8H17N3O. The molecular weight excluding hydrogens is 154 g/mol. The number of hydrazine groups is 1. The van der Waals surface area contributed by atoms with Gasteiger partial charge in [0.15, 0.2) is 0 Å². The molecule has 0 aliphatic carbocycles. The van der Waals surface area contributed by atoms with Crippen LogP contribution in [0.25, 0.3) is 0 Å². The van der Waals surface area contributed by atoms with Crippen LogP contribution < -0.4 is 11.2 Å². The smallest absolute Gasteiger partial charge is 0.238 e. The Balaban J connectivity index is 2.53. The molecule has 3 N–H and O–H groups in total. The summed E-state index contributed by atoms with van der Waals surface area (Å²) in [5.74, 6) is 0.136. The van der Waals surface area contributed by atoms with Crippen LogP contribution in [0.15, 0.2) is 0 Å². The normalized spacial score (nSPS) is 24.7. The topological polar surface area (TPSA) is 58.4 Å². The van der Waals surface area contributed by atoms with Gasteiger partial charge in [-0.15, -0.1) is 0 Å². The first-order valence-corrected chi connectivity index (χ1v) is 4.24. The van der Waals surface area contributed by atoms with Crippen molar-refractivity contribution in [2.24, 2.45) is 5.73 Å². The zero-order chi connectivity index (χ0) is 9.35. The number of nitrogens with two attached hydrogens (primary N) is 1. The summed E-state index contributed by atoms with van der Waals surface area (Å²) in [4.78, 5) is 11.3. The Morgan fingerprint density at radius 3 is 2.67 bits per heavy atom. The third kappa shape index (κ3) is 2.19. The fraction of sp³-hybridized carbons (Fsp3) is 0.875. The standard InChI is InChI=1S/C8H17N3O/c1-6(9)5-11-7(12)4-8(2,3)10-11/h6,10H,4-5,9H2,1-3H3. The highest BCUT2D eigenvalue weighted by Crippen LogP contribution is 2.17. The van der Waals surface area contributed by atoms with Crippen LogP contribution in [-0.4, -0.2) is 29.0 Å². The lowest BCUT2D eigenvalue weighted by Crippen LogP contribution is -2.46. The van der Waals surface area contributed by atoms with Gasteiger partial charge in [0.25, 0.3) is 0 Å². The minimum absolute atomic E-state index is 0.0235. The largest absolute Gasteiger partial charge is 0.326 e. The Kier molecular flexibility index (Phi) is 2.39. The van der Waals surface area contributed by atoms with Crippen LogP contribution in [-0.2, 0) is 4.79 Å². The average molecular weight is 171 g/mol. The molecule has 0 aromatic rings. The van der Waals surface area contributed by atoms with Gasteiger partial charge >= 0.3 is 0 Å². The molecule has 0 aromatic heterocycles. The lowest BCUT2D eigenvalue weighted by Gasteiger charge is -2.22. The summed E-state index contributed by atoms with van der Waals surface area (Å²) in [6.07, 6.45) is 0.555. The minimum Gasteiger partial charge on any atom is -0.326 e. The van der Waals surface area contributed by atoms with E-state index in [-0.39, 0.29) is 17.5 Å². The maximum Gasteiger partial charge on any atom is 0.238 e. The van der Waals surface area contributed by atoms with E-state index in [0.29, 0.717) is 13.0 Å². The van der Waals surface area contributed by atoms with Crippen molar-refractivity contribution in [3.63, 3.8) is 0 Å². The van der Waals surface area contributed by atoms with E-state index in [1.54, 1.807) is 5.01 Å². The summed E-state index contributed by atoms with van der Waals surface area (Å²) in [5, 5.41) is 1.62. The second kappa shape index (κ2) is 3.03. The van der Waals surface area contributed by atoms with Crippen LogP contribution >= 0.6 is 0 Å². The molecule has 0 radical (unpaired) electrons. The number of hydrogen-bond donors (Lipinski definition) is 2. The van der Waals surface area contributed by atoms with Gasteiger partial charge in [0.2, 0.25) is 5.91 Å². The van der Waals surface area contributed by atoms with E-state index in [9.17, 15) is 4.79 Å². The van der Waals surface area contributed by atoms with Crippen LogP contribution in [0.5, 0.6) is 0 Å². The summed E-state index contributed by atoms with van der Waals surface area (Å²) in [5.41, 5.74) is 8.60. The van der Waals surface area contributed by atoms with Crippen molar-refractivity contribution in [3.05, 3.63) is 0 Å². The van der Waals surface area contributed by atoms with Crippen molar-refractivity contribution in [1.82, 2.24) is 10.4 Å². The van der Waals surface area contributed by atoms with Crippen molar-refractivity contribution in [2.75, 3.05) is 6.54 Å². The van der Waals surface area contributed by atoms with E-state index < -0.39 is 0 Å². The SMILES string of the molecule is CC(N)CN1NC(C)(C)CC1=O. The molecule has 0 saturated carbocycles. The molecule has 1 amide bonds. The maximum atomic E-state index is 11.3. The predicted octanol–water partition coefficient (Wildman–Crippen LogP) is -0.151. The molecule has 4 heteroatoms. The third-order valence-corrected chi connectivity index (χ3v) is 1.80. The van der Waals surface area contributed by atoms with E-state index in [0.717, 1.165) is 0 Å². The summed E-state index contributed by atoms with van der Waals surface area (Å²) >= 11 is 0. The van der Waals surface area contributed by atoms with Crippen molar-refractivity contribution in [1.29, 1.82) is 0 Å². The second-order valence-corrected chi connectivity index (χ2v) is 4.15. The van der Waals surface area contributed by atoms with Gasteiger partial charge in [0.1, 0.15) is 0 Å². The summed E-state index contributed by atoms with van der Waals surface area (Å²) < 4.78 is 0. The number of nitrogens with zero attached hydrogens (tertiary/aromatic N) is 1. The maximum absolute atomic E-state index is 11.3. The Morgan fingerprint density at radius 2 is 2.33 bits per heavy atom. The van der Waals surface area contributed by atoms with E-state index in [1.807, 2.05) is 20.8 Å². The van der Waals surface area contributed by atoms with Gasteiger partial charge in [-0.25, -0.2) is 5.43 Å². The zero-order valence-electron chi connectivity index (χ0n) is 7.92. The van der Waals surface area contributed by atoms with Crippen molar-refractivity contribution < 1.29 is 4.79 Å². The zero-order valence-corrected chi connectivity index (χ0v) is 7.92. The molecule has 1 unspecified atom stereocenters. The highest BCUT2D eigenvalue weighted by molar-refractivity contribution is 5.79. The van der Waals surface area contributed by atoms with Gasteiger partial charge in [0.05, 0.1) is 6.54 Å². The Bertz CT molecular complexity index is 189. The Hall–Kier alpha value is -0.610. The van der Waals surface area contributed by atoms with E-state index in [1.165, 1.54) is 0 Å². The van der Waals surface area contributed by atoms with E-state index >= 15 is 0 Å². The van der Waals surface area contributed by atoms with Crippen molar-refractivity contribution in [2.45, 2.75) is 38.8 Å². The van der Waals surface area contributed by atoms with Gasteiger partial charge < -0.3 is 5.73 Å². The van der Waals surface area contributed by atoms with Crippen molar-refractivity contribution in [3.8, 4) is 0 Å². The van der Waals surface area contributed by atoms with E-state index in [4.69, 9.17) is 5.73 Å². The number of carbonyl (C=O) groups is 1. The fourth-order valence-corrected chi connectivity index (χ4v) is 1.38. The highest BCUT2D eigenvalue weighted by atomic mass is 16.2. The first kappa shape index (κ1) is 9.48. The van der Waals surface area contributed by atoms with Gasteiger partial charge in [-0.2, -0.15) is 0 Å². The van der Waals surface area contributed by atoms with Gasteiger partial charge in [-0.1, -0.05) is 0 Å². The van der Waals surface area contributed by atoms with Crippen LogP contribution in [0, 0.1) is 0 Å². The van der Waals surface area contributed by atoms with Crippen LogP contribution in [0.2, 0.25) is 0 Å². The number of amides is 1. The average Bonchev–Trinajstić information content (AvgIpc) is 2.03. The van der Waals surface area contributed by atoms with E-state index in [2.05, 4.69) is 5.43 Å². The molecule has 70 valence electrons.